The third-order valence-corrected chi connectivity index (χ3v) is 2.24. The normalized spacial score (nSPS) is 12.3. The lowest BCUT2D eigenvalue weighted by atomic mass is 10.1. The number of aromatic carboxylic acids is 1. The number of hydrogen-bond donors (Lipinski definition) is 2. The van der Waals surface area contributed by atoms with Gasteiger partial charge in [-0.2, -0.15) is 0 Å². The topological polar surface area (TPSA) is 94.0 Å². The first-order valence-corrected chi connectivity index (χ1v) is 4.64. The molecule has 0 aliphatic heterocycles. The number of carboxylic acids is 1. The molecule has 16 heavy (non-hydrogen) atoms. The Bertz CT molecular complexity index is 495. The first kappa shape index (κ1) is 10.3. The Balaban J connectivity index is 2.44. The van der Waals surface area contributed by atoms with Gasteiger partial charge in [-0.15, -0.1) is 5.10 Å². The van der Waals surface area contributed by atoms with E-state index in [0.29, 0.717) is 5.56 Å². The van der Waals surface area contributed by atoms with Crippen LogP contribution in [0.25, 0.3) is 0 Å². The Morgan fingerprint density at radius 2 is 2.19 bits per heavy atom. The zero-order valence-electron chi connectivity index (χ0n) is 8.32. The van der Waals surface area contributed by atoms with E-state index in [1.165, 1.54) is 16.9 Å². The number of nitrogens with two attached hydrogens (primary N) is 1. The predicted molar refractivity (Wildman–Crippen MR) is 55.7 cm³/mol. The van der Waals surface area contributed by atoms with Crippen LogP contribution < -0.4 is 5.73 Å². The summed E-state index contributed by atoms with van der Waals surface area (Å²) in [7, 11) is 0. The van der Waals surface area contributed by atoms with E-state index in [2.05, 4.69) is 10.3 Å². The second-order valence-electron chi connectivity index (χ2n) is 3.22. The number of carboxylic acid groups (broad SMARTS) is 1. The minimum atomic E-state index is -1.01. The second kappa shape index (κ2) is 4.11. The summed E-state index contributed by atoms with van der Waals surface area (Å²) in [4.78, 5) is 11.0. The maximum atomic E-state index is 11.0. The van der Waals surface area contributed by atoms with Gasteiger partial charge >= 0.3 is 5.97 Å². The SMILES string of the molecule is NC(c1ccccc1C(=O)O)n1ccnn1. The van der Waals surface area contributed by atoms with Gasteiger partial charge in [0.05, 0.1) is 11.8 Å². The third-order valence-electron chi connectivity index (χ3n) is 2.24. The lowest BCUT2D eigenvalue weighted by Gasteiger charge is -2.13. The van der Waals surface area contributed by atoms with Gasteiger partial charge in [0.2, 0.25) is 0 Å². The fourth-order valence-electron chi connectivity index (χ4n) is 1.46. The highest BCUT2D eigenvalue weighted by Crippen LogP contribution is 2.16. The summed E-state index contributed by atoms with van der Waals surface area (Å²) in [5, 5.41) is 16.4. The summed E-state index contributed by atoms with van der Waals surface area (Å²) in [6, 6.07) is 6.56. The average molecular weight is 218 g/mol. The molecule has 1 unspecified atom stereocenters. The largest absolute Gasteiger partial charge is 0.478 e. The first-order valence-electron chi connectivity index (χ1n) is 4.64. The molecule has 6 heteroatoms. The number of rotatable bonds is 3. The van der Waals surface area contributed by atoms with Crippen LogP contribution in [0, 0.1) is 0 Å². The Morgan fingerprint density at radius 3 is 2.81 bits per heavy atom. The molecule has 2 aromatic rings. The molecule has 1 heterocycles. The van der Waals surface area contributed by atoms with Crippen molar-refractivity contribution in [2.24, 2.45) is 5.73 Å². The molecule has 82 valence electrons. The smallest absolute Gasteiger partial charge is 0.336 e. The maximum Gasteiger partial charge on any atom is 0.336 e. The molecular formula is C10H10N4O2. The zero-order chi connectivity index (χ0) is 11.5. The Hall–Kier alpha value is -2.21. The molecule has 1 atom stereocenters. The third kappa shape index (κ3) is 1.78. The number of aromatic nitrogens is 3. The van der Waals surface area contributed by atoms with E-state index < -0.39 is 12.1 Å². The lowest BCUT2D eigenvalue weighted by molar-refractivity contribution is 0.0694. The van der Waals surface area contributed by atoms with E-state index in [4.69, 9.17) is 10.8 Å². The standard InChI is InChI=1S/C10H10N4O2/c11-9(14-6-5-12-13-14)7-3-1-2-4-8(7)10(15)16/h1-6,9H,11H2,(H,15,16). The van der Waals surface area contributed by atoms with Crippen LogP contribution in [0.4, 0.5) is 0 Å². The zero-order valence-corrected chi connectivity index (χ0v) is 8.32. The van der Waals surface area contributed by atoms with E-state index >= 15 is 0 Å². The molecule has 0 saturated carbocycles. The van der Waals surface area contributed by atoms with Crippen LogP contribution in [0.1, 0.15) is 22.1 Å². The van der Waals surface area contributed by atoms with Crippen LogP contribution in [-0.4, -0.2) is 26.1 Å². The quantitative estimate of drug-likeness (QED) is 0.781. The average Bonchev–Trinajstić information content (AvgIpc) is 2.81. The van der Waals surface area contributed by atoms with Crippen molar-refractivity contribution in [2.45, 2.75) is 6.17 Å². The van der Waals surface area contributed by atoms with Crippen molar-refractivity contribution in [1.29, 1.82) is 0 Å². The van der Waals surface area contributed by atoms with E-state index in [0.717, 1.165) is 0 Å². The van der Waals surface area contributed by atoms with Crippen molar-refractivity contribution in [1.82, 2.24) is 15.0 Å². The molecule has 0 amide bonds. The van der Waals surface area contributed by atoms with Crippen LogP contribution in [0.15, 0.2) is 36.7 Å². The van der Waals surface area contributed by atoms with Crippen LogP contribution >= 0.6 is 0 Å². The Kier molecular flexibility index (Phi) is 2.65. The molecule has 0 bridgehead atoms. The highest BCUT2D eigenvalue weighted by atomic mass is 16.4. The molecule has 0 spiro atoms. The minimum absolute atomic E-state index is 0.172. The Labute approximate surface area is 91.3 Å². The van der Waals surface area contributed by atoms with Crippen molar-refractivity contribution in [3.05, 3.63) is 47.8 Å². The van der Waals surface area contributed by atoms with Crippen LogP contribution in [-0.2, 0) is 0 Å². The Morgan fingerprint density at radius 1 is 1.44 bits per heavy atom. The van der Waals surface area contributed by atoms with Gasteiger partial charge in [0.1, 0.15) is 6.17 Å². The number of hydrogen-bond acceptors (Lipinski definition) is 4. The summed E-state index contributed by atoms with van der Waals surface area (Å²) < 4.78 is 1.40. The summed E-state index contributed by atoms with van der Waals surface area (Å²) in [5.74, 6) is -1.01. The fourth-order valence-corrected chi connectivity index (χ4v) is 1.46. The summed E-state index contributed by atoms with van der Waals surface area (Å²) in [6.45, 7) is 0. The number of nitrogens with zero attached hydrogens (tertiary/aromatic N) is 3. The van der Waals surface area contributed by atoms with E-state index in [1.54, 1.807) is 24.4 Å². The van der Waals surface area contributed by atoms with Crippen LogP contribution in [0.2, 0.25) is 0 Å². The minimum Gasteiger partial charge on any atom is -0.478 e. The van der Waals surface area contributed by atoms with Crippen molar-refractivity contribution in [2.75, 3.05) is 0 Å². The van der Waals surface area contributed by atoms with E-state index in [-0.39, 0.29) is 5.56 Å². The van der Waals surface area contributed by atoms with Gasteiger partial charge in [-0.25, -0.2) is 9.48 Å². The van der Waals surface area contributed by atoms with Crippen molar-refractivity contribution in [3.8, 4) is 0 Å². The summed E-state index contributed by atoms with van der Waals surface area (Å²) >= 11 is 0. The van der Waals surface area contributed by atoms with Crippen molar-refractivity contribution < 1.29 is 9.90 Å². The monoisotopic (exact) mass is 218 g/mol. The van der Waals surface area contributed by atoms with Crippen molar-refractivity contribution in [3.63, 3.8) is 0 Å². The number of benzene rings is 1. The van der Waals surface area contributed by atoms with E-state index in [9.17, 15) is 4.79 Å². The second-order valence-corrected chi connectivity index (χ2v) is 3.22. The fraction of sp³-hybridized carbons (Fsp3) is 0.100. The van der Waals surface area contributed by atoms with Gasteiger partial charge in [0.25, 0.3) is 0 Å². The highest BCUT2D eigenvalue weighted by Gasteiger charge is 2.16. The molecule has 0 radical (unpaired) electrons. The van der Waals surface area contributed by atoms with Crippen molar-refractivity contribution >= 4 is 5.97 Å². The molecule has 0 aliphatic carbocycles. The molecular weight excluding hydrogens is 208 g/mol. The van der Waals surface area contributed by atoms with E-state index in [1.807, 2.05) is 0 Å². The van der Waals surface area contributed by atoms with Gasteiger partial charge in [-0.1, -0.05) is 23.4 Å². The molecule has 6 nitrogen and oxygen atoms in total. The summed E-state index contributed by atoms with van der Waals surface area (Å²) in [5.41, 5.74) is 6.57. The molecule has 1 aromatic carbocycles. The molecule has 0 aliphatic rings. The predicted octanol–water partition coefficient (Wildman–Crippen LogP) is 0.482. The van der Waals surface area contributed by atoms with Crippen LogP contribution in [0.3, 0.4) is 0 Å². The number of carbonyl (C=O) groups is 1. The lowest BCUT2D eigenvalue weighted by Crippen LogP contribution is -2.23. The van der Waals surface area contributed by atoms with Gasteiger partial charge in [0.15, 0.2) is 0 Å². The van der Waals surface area contributed by atoms with Gasteiger partial charge in [-0.05, 0) is 6.07 Å². The van der Waals surface area contributed by atoms with Gasteiger partial charge in [0, 0.05) is 11.8 Å². The maximum absolute atomic E-state index is 11.0. The van der Waals surface area contributed by atoms with Gasteiger partial charge < -0.3 is 10.8 Å². The summed E-state index contributed by atoms with van der Waals surface area (Å²) in [6.07, 6.45) is 2.43. The highest BCUT2D eigenvalue weighted by molar-refractivity contribution is 5.89. The molecule has 0 saturated heterocycles. The first-order chi connectivity index (χ1) is 7.70. The molecule has 2 rings (SSSR count). The molecule has 1 aromatic heterocycles. The molecule has 0 fully saturated rings. The van der Waals surface area contributed by atoms with Gasteiger partial charge in [-0.3, -0.25) is 0 Å². The van der Waals surface area contributed by atoms with Crippen LogP contribution in [0.5, 0.6) is 0 Å². The molecule has 3 N–H and O–H groups in total.